The van der Waals surface area contributed by atoms with E-state index >= 15 is 0 Å². The Morgan fingerprint density at radius 1 is 1.64 bits per heavy atom. The maximum atomic E-state index is 5.93. The summed E-state index contributed by atoms with van der Waals surface area (Å²) < 4.78 is 1.63. The molecule has 0 unspecified atom stereocenters. The number of hydrogen-bond donors (Lipinski definition) is 1. The molecule has 0 radical (unpaired) electrons. The molecule has 0 aromatic carbocycles. The van der Waals surface area contributed by atoms with Crippen LogP contribution in [0.1, 0.15) is 24.2 Å². The minimum absolute atomic E-state index is 0.0452. The maximum Gasteiger partial charge on any atom is 0.131 e. The first-order valence-electron chi connectivity index (χ1n) is 3.48. The third-order valence-electron chi connectivity index (χ3n) is 1.65. The van der Waals surface area contributed by atoms with Crippen molar-refractivity contribution in [3.05, 3.63) is 16.4 Å². The van der Waals surface area contributed by atoms with Gasteiger partial charge in [0.2, 0.25) is 0 Å². The molecule has 1 atom stereocenters. The van der Waals surface area contributed by atoms with Gasteiger partial charge in [-0.2, -0.15) is 5.10 Å². The molecule has 1 heterocycles. The van der Waals surface area contributed by atoms with Crippen LogP contribution in [0.25, 0.3) is 0 Å². The molecule has 0 aliphatic rings. The van der Waals surface area contributed by atoms with Crippen LogP contribution >= 0.6 is 11.6 Å². The molecule has 0 amide bonds. The molecular weight excluding hydrogens is 162 g/mol. The van der Waals surface area contributed by atoms with Crippen molar-refractivity contribution >= 4 is 11.6 Å². The van der Waals surface area contributed by atoms with Crippen molar-refractivity contribution in [2.45, 2.75) is 19.9 Å². The van der Waals surface area contributed by atoms with Crippen LogP contribution in [0.2, 0.25) is 5.15 Å². The van der Waals surface area contributed by atoms with Crippen LogP contribution in [-0.4, -0.2) is 9.78 Å². The molecule has 1 aromatic heterocycles. The summed E-state index contributed by atoms with van der Waals surface area (Å²) >= 11 is 5.93. The molecule has 1 rings (SSSR count). The lowest BCUT2D eigenvalue weighted by molar-refractivity contribution is 0.756. The van der Waals surface area contributed by atoms with E-state index in [-0.39, 0.29) is 6.04 Å². The maximum absolute atomic E-state index is 5.93. The molecule has 2 N–H and O–H groups in total. The molecule has 1 aromatic rings. The molecule has 62 valence electrons. The summed E-state index contributed by atoms with van der Waals surface area (Å²) in [6.07, 6.45) is 0. The lowest BCUT2D eigenvalue weighted by Gasteiger charge is -2.02. The molecule has 11 heavy (non-hydrogen) atoms. The van der Waals surface area contributed by atoms with Crippen LogP contribution in [0.5, 0.6) is 0 Å². The van der Waals surface area contributed by atoms with Gasteiger partial charge in [0, 0.05) is 18.7 Å². The molecule has 0 spiro atoms. The molecular formula is C7H12ClN3. The van der Waals surface area contributed by atoms with Crippen molar-refractivity contribution < 1.29 is 0 Å². The highest BCUT2D eigenvalue weighted by Gasteiger charge is 2.13. The van der Waals surface area contributed by atoms with Gasteiger partial charge in [-0.3, -0.25) is 4.68 Å². The van der Waals surface area contributed by atoms with E-state index in [1.54, 1.807) is 11.7 Å². The summed E-state index contributed by atoms with van der Waals surface area (Å²) in [6.45, 7) is 3.81. The van der Waals surface area contributed by atoms with E-state index in [0.29, 0.717) is 5.15 Å². The van der Waals surface area contributed by atoms with Gasteiger partial charge < -0.3 is 5.73 Å². The van der Waals surface area contributed by atoms with E-state index in [9.17, 15) is 0 Å². The minimum atomic E-state index is -0.0452. The summed E-state index contributed by atoms with van der Waals surface area (Å²) in [5.41, 5.74) is 7.54. The van der Waals surface area contributed by atoms with Gasteiger partial charge in [0.25, 0.3) is 0 Å². The normalized spacial score (nSPS) is 13.5. The predicted molar refractivity (Wildman–Crippen MR) is 45.6 cm³/mol. The summed E-state index contributed by atoms with van der Waals surface area (Å²) in [4.78, 5) is 0. The van der Waals surface area contributed by atoms with Gasteiger partial charge in [0.1, 0.15) is 5.15 Å². The Hall–Kier alpha value is -0.540. The summed E-state index contributed by atoms with van der Waals surface area (Å²) in [5, 5.41) is 4.77. The highest BCUT2D eigenvalue weighted by Crippen LogP contribution is 2.23. The number of nitrogens with zero attached hydrogens (tertiary/aromatic N) is 2. The van der Waals surface area contributed by atoms with Gasteiger partial charge in [-0.25, -0.2) is 0 Å². The monoisotopic (exact) mass is 173 g/mol. The SMILES string of the molecule is Cc1nn(C)c(Cl)c1[C@H](C)N. The largest absolute Gasteiger partial charge is 0.324 e. The van der Waals surface area contributed by atoms with E-state index in [1.165, 1.54) is 0 Å². The lowest BCUT2D eigenvalue weighted by atomic mass is 10.1. The van der Waals surface area contributed by atoms with Crippen molar-refractivity contribution in [1.82, 2.24) is 9.78 Å². The zero-order chi connectivity index (χ0) is 8.59. The Morgan fingerprint density at radius 3 is 2.36 bits per heavy atom. The third kappa shape index (κ3) is 1.39. The zero-order valence-corrected chi connectivity index (χ0v) is 7.68. The quantitative estimate of drug-likeness (QED) is 0.698. The van der Waals surface area contributed by atoms with Gasteiger partial charge in [-0.1, -0.05) is 11.6 Å². The molecule has 0 aliphatic heterocycles. The van der Waals surface area contributed by atoms with Gasteiger partial charge in [0.05, 0.1) is 5.69 Å². The number of rotatable bonds is 1. The van der Waals surface area contributed by atoms with Gasteiger partial charge in [-0.05, 0) is 13.8 Å². The van der Waals surface area contributed by atoms with Crippen LogP contribution in [0, 0.1) is 6.92 Å². The van der Waals surface area contributed by atoms with E-state index in [2.05, 4.69) is 5.10 Å². The first kappa shape index (κ1) is 8.56. The van der Waals surface area contributed by atoms with Crippen LogP contribution in [-0.2, 0) is 7.05 Å². The Labute approximate surface area is 71.1 Å². The molecule has 0 aliphatic carbocycles. The van der Waals surface area contributed by atoms with E-state index in [0.717, 1.165) is 11.3 Å². The summed E-state index contributed by atoms with van der Waals surface area (Å²) in [5.74, 6) is 0. The first-order chi connectivity index (χ1) is 5.04. The van der Waals surface area contributed by atoms with Gasteiger partial charge >= 0.3 is 0 Å². The van der Waals surface area contributed by atoms with Crippen molar-refractivity contribution in [1.29, 1.82) is 0 Å². The average Bonchev–Trinajstić information content (AvgIpc) is 2.07. The Morgan fingerprint density at radius 2 is 2.18 bits per heavy atom. The molecule has 3 nitrogen and oxygen atoms in total. The first-order valence-corrected chi connectivity index (χ1v) is 3.86. The van der Waals surface area contributed by atoms with Crippen molar-refractivity contribution in [3.8, 4) is 0 Å². The highest BCUT2D eigenvalue weighted by atomic mass is 35.5. The number of hydrogen-bond acceptors (Lipinski definition) is 2. The number of aromatic nitrogens is 2. The second-order valence-electron chi connectivity index (χ2n) is 2.70. The summed E-state index contributed by atoms with van der Waals surface area (Å²) in [6, 6.07) is -0.0452. The Balaban J connectivity index is 3.22. The molecule has 4 heteroatoms. The minimum Gasteiger partial charge on any atom is -0.324 e. The van der Waals surface area contributed by atoms with E-state index < -0.39 is 0 Å². The fraction of sp³-hybridized carbons (Fsp3) is 0.571. The van der Waals surface area contributed by atoms with Crippen LogP contribution in [0.15, 0.2) is 0 Å². The Kier molecular flexibility index (Phi) is 2.20. The van der Waals surface area contributed by atoms with Crippen molar-refractivity contribution in [2.75, 3.05) is 0 Å². The Bertz CT molecular complexity index is 265. The summed E-state index contributed by atoms with van der Waals surface area (Å²) in [7, 11) is 1.81. The fourth-order valence-corrected chi connectivity index (χ4v) is 1.51. The molecule has 0 bridgehead atoms. The third-order valence-corrected chi connectivity index (χ3v) is 2.10. The van der Waals surface area contributed by atoms with Crippen LogP contribution in [0.4, 0.5) is 0 Å². The molecule has 0 saturated carbocycles. The van der Waals surface area contributed by atoms with Gasteiger partial charge in [-0.15, -0.1) is 0 Å². The average molecular weight is 174 g/mol. The number of aryl methyl sites for hydroxylation is 2. The highest BCUT2D eigenvalue weighted by molar-refractivity contribution is 6.30. The van der Waals surface area contributed by atoms with Crippen molar-refractivity contribution in [3.63, 3.8) is 0 Å². The second kappa shape index (κ2) is 2.83. The van der Waals surface area contributed by atoms with E-state index in [4.69, 9.17) is 17.3 Å². The van der Waals surface area contributed by atoms with Crippen LogP contribution < -0.4 is 5.73 Å². The number of nitrogens with two attached hydrogens (primary N) is 1. The predicted octanol–water partition coefficient (Wildman–Crippen LogP) is 1.40. The standard InChI is InChI=1S/C7H12ClN3/c1-4(9)6-5(2)10-11(3)7(6)8/h4H,9H2,1-3H3/t4-/m0/s1. The van der Waals surface area contributed by atoms with Crippen LogP contribution in [0.3, 0.4) is 0 Å². The number of halogens is 1. The smallest absolute Gasteiger partial charge is 0.131 e. The molecule has 0 saturated heterocycles. The lowest BCUT2D eigenvalue weighted by Crippen LogP contribution is -2.06. The van der Waals surface area contributed by atoms with E-state index in [1.807, 2.05) is 13.8 Å². The van der Waals surface area contributed by atoms with Crippen molar-refractivity contribution in [2.24, 2.45) is 12.8 Å². The second-order valence-corrected chi connectivity index (χ2v) is 3.06. The van der Waals surface area contributed by atoms with Gasteiger partial charge in [0.15, 0.2) is 0 Å². The zero-order valence-electron chi connectivity index (χ0n) is 6.93. The molecule has 0 fully saturated rings. The topological polar surface area (TPSA) is 43.8 Å². The fourth-order valence-electron chi connectivity index (χ4n) is 1.16.